The second-order valence-electron chi connectivity index (χ2n) is 13.1. The highest BCUT2D eigenvalue weighted by molar-refractivity contribution is 6.23. The summed E-state index contributed by atoms with van der Waals surface area (Å²) in [5, 5.41) is 10.4. The van der Waals surface area contributed by atoms with Crippen LogP contribution in [0.1, 0.15) is 11.1 Å². The maximum atomic E-state index is 2.47. The first-order chi connectivity index (χ1) is 23.8. The predicted octanol–water partition coefficient (Wildman–Crippen LogP) is 13.1. The van der Waals surface area contributed by atoms with Crippen LogP contribution in [0.25, 0.3) is 87.6 Å². The van der Waals surface area contributed by atoms with Crippen molar-refractivity contribution >= 4 is 43.1 Å². The van der Waals surface area contributed by atoms with E-state index in [0.717, 1.165) is 12.8 Å². The van der Waals surface area contributed by atoms with E-state index in [2.05, 4.69) is 170 Å². The predicted molar refractivity (Wildman–Crippen MR) is 206 cm³/mol. The second-order valence-corrected chi connectivity index (χ2v) is 13.1. The molecule has 0 fully saturated rings. The van der Waals surface area contributed by atoms with Gasteiger partial charge in [0.05, 0.1) is 0 Å². The van der Waals surface area contributed by atoms with Gasteiger partial charge in [-0.2, -0.15) is 0 Å². The standard InChI is InChI=1S/C48H32/c1-4-16-36-31(12-1)15-11-23-37(36)33-24-26-34(27-25-33)46-40-19-7-9-21-42(40)48(43-22-10-8-20-41(43)46)45-30-35-14-3-6-18-39(35)47-38-17-5-2-13-32(38)28-29-44(45)47/h1-27,30H,28-29H2. The van der Waals surface area contributed by atoms with Crippen LogP contribution in [0.15, 0.2) is 170 Å². The van der Waals surface area contributed by atoms with E-state index in [-0.39, 0.29) is 0 Å². The van der Waals surface area contributed by atoms with Gasteiger partial charge in [0, 0.05) is 0 Å². The van der Waals surface area contributed by atoms with Crippen molar-refractivity contribution < 1.29 is 0 Å². The molecule has 10 rings (SSSR count). The van der Waals surface area contributed by atoms with Crippen LogP contribution in [0, 0.1) is 0 Å². The molecule has 0 aromatic heterocycles. The highest BCUT2D eigenvalue weighted by atomic mass is 14.3. The molecule has 0 unspecified atom stereocenters. The quantitative estimate of drug-likeness (QED) is 0.175. The van der Waals surface area contributed by atoms with Crippen LogP contribution in [0.3, 0.4) is 0 Å². The first-order valence-electron chi connectivity index (χ1n) is 17.0. The Morgan fingerprint density at radius 3 is 1.54 bits per heavy atom. The largest absolute Gasteiger partial charge is 0.0620 e. The molecule has 0 heteroatoms. The topological polar surface area (TPSA) is 0 Å². The third kappa shape index (κ3) is 4.09. The van der Waals surface area contributed by atoms with Crippen molar-refractivity contribution in [2.24, 2.45) is 0 Å². The van der Waals surface area contributed by atoms with Gasteiger partial charge in [-0.15, -0.1) is 0 Å². The minimum atomic E-state index is 1.03. The van der Waals surface area contributed by atoms with Crippen LogP contribution in [-0.2, 0) is 12.8 Å². The molecule has 0 aliphatic heterocycles. The van der Waals surface area contributed by atoms with E-state index < -0.39 is 0 Å². The molecule has 0 saturated heterocycles. The Labute approximate surface area is 280 Å². The van der Waals surface area contributed by atoms with Gasteiger partial charge in [0.1, 0.15) is 0 Å². The van der Waals surface area contributed by atoms with Crippen molar-refractivity contribution in [3.8, 4) is 44.5 Å². The van der Waals surface area contributed by atoms with Crippen molar-refractivity contribution in [3.05, 3.63) is 181 Å². The Kier molecular flexibility index (Phi) is 6.11. The zero-order valence-corrected chi connectivity index (χ0v) is 26.6. The average Bonchev–Trinajstić information content (AvgIpc) is 3.16. The van der Waals surface area contributed by atoms with Crippen molar-refractivity contribution in [2.45, 2.75) is 12.8 Å². The van der Waals surface area contributed by atoms with Crippen LogP contribution < -0.4 is 0 Å². The van der Waals surface area contributed by atoms with E-state index in [4.69, 9.17) is 0 Å². The Morgan fingerprint density at radius 1 is 0.292 bits per heavy atom. The molecule has 0 amide bonds. The molecule has 0 atom stereocenters. The zero-order valence-electron chi connectivity index (χ0n) is 26.6. The van der Waals surface area contributed by atoms with Crippen molar-refractivity contribution in [2.75, 3.05) is 0 Å². The molecule has 224 valence electrons. The summed E-state index contributed by atoms with van der Waals surface area (Å²) < 4.78 is 0. The fourth-order valence-electron chi connectivity index (χ4n) is 8.45. The van der Waals surface area contributed by atoms with Crippen molar-refractivity contribution in [1.82, 2.24) is 0 Å². The van der Waals surface area contributed by atoms with Gasteiger partial charge in [-0.3, -0.25) is 0 Å². The van der Waals surface area contributed by atoms with E-state index in [1.54, 1.807) is 0 Å². The number of fused-ring (bicyclic) bond motifs is 8. The number of rotatable bonds is 3. The summed E-state index contributed by atoms with van der Waals surface area (Å²) in [5.41, 5.74) is 13.5. The van der Waals surface area contributed by atoms with Crippen LogP contribution in [0.2, 0.25) is 0 Å². The summed E-state index contributed by atoms with van der Waals surface area (Å²) in [5.74, 6) is 0. The van der Waals surface area contributed by atoms with Gasteiger partial charge < -0.3 is 0 Å². The highest BCUT2D eigenvalue weighted by Gasteiger charge is 2.25. The molecule has 1 aliphatic rings. The molecule has 0 bridgehead atoms. The smallest absolute Gasteiger partial charge is 0.00232 e. The fraction of sp³-hybridized carbons (Fsp3) is 0.0417. The summed E-state index contributed by atoms with van der Waals surface area (Å²) in [7, 11) is 0. The first-order valence-corrected chi connectivity index (χ1v) is 17.0. The monoisotopic (exact) mass is 608 g/mol. The first kappa shape index (κ1) is 27.2. The van der Waals surface area contributed by atoms with Gasteiger partial charge in [0.15, 0.2) is 0 Å². The molecule has 48 heavy (non-hydrogen) atoms. The maximum absolute atomic E-state index is 2.47. The molecular weight excluding hydrogens is 577 g/mol. The zero-order chi connectivity index (χ0) is 31.6. The van der Waals surface area contributed by atoms with Crippen LogP contribution in [0.4, 0.5) is 0 Å². The lowest BCUT2D eigenvalue weighted by molar-refractivity contribution is 0.947. The number of hydrogen-bond acceptors (Lipinski definition) is 0. The lowest BCUT2D eigenvalue weighted by Gasteiger charge is -2.26. The SMILES string of the molecule is c1ccc2c(c1)CCc1c(-c3c4ccccc4c(-c4ccc(-c5cccc6ccccc56)cc4)c4ccccc34)cc3ccccc3c1-2. The molecular formula is C48H32. The molecule has 0 heterocycles. The average molecular weight is 609 g/mol. The molecule has 1 aliphatic carbocycles. The Morgan fingerprint density at radius 2 is 0.812 bits per heavy atom. The molecule has 0 N–H and O–H groups in total. The third-order valence-electron chi connectivity index (χ3n) is 10.6. The van der Waals surface area contributed by atoms with Gasteiger partial charge in [-0.05, 0) is 118 Å². The van der Waals surface area contributed by atoms with Crippen molar-refractivity contribution in [1.29, 1.82) is 0 Å². The second kappa shape index (κ2) is 10.8. The normalized spacial score (nSPS) is 12.4. The third-order valence-corrected chi connectivity index (χ3v) is 10.6. The summed E-state index contributed by atoms with van der Waals surface area (Å²) in [6.45, 7) is 0. The number of aryl methyl sites for hydroxylation is 1. The Bertz CT molecular complexity index is 2650. The van der Waals surface area contributed by atoms with E-state index >= 15 is 0 Å². The maximum Gasteiger partial charge on any atom is -0.00232 e. The Hall–Kier alpha value is -5.98. The highest BCUT2D eigenvalue weighted by Crippen LogP contribution is 2.49. The summed E-state index contributed by atoms with van der Waals surface area (Å²) in [4.78, 5) is 0. The van der Waals surface area contributed by atoms with Gasteiger partial charge in [-0.1, -0.05) is 164 Å². The van der Waals surface area contributed by atoms with Crippen LogP contribution in [0.5, 0.6) is 0 Å². The van der Waals surface area contributed by atoms with Gasteiger partial charge in [-0.25, -0.2) is 0 Å². The number of benzene rings is 9. The fourth-order valence-corrected chi connectivity index (χ4v) is 8.45. The molecule has 0 radical (unpaired) electrons. The summed E-state index contributed by atoms with van der Waals surface area (Å²) in [6, 6.07) is 63.0. The van der Waals surface area contributed by atoms with E-state index in [9.17, 15) is 0 Å². The van der Waals surface area contributed by atoms with Crippen molar-refractivity contribution in [3.63, 3.8) is 0 Å². The minimum Gasteiger partial charge on any atom is -0.0620 e. The van der Waals surface area contributed by atoms with Crippen LogP contribution >= 0.6 is 0 Å². The van der Waals surface area contributed by atoms with Crippen LogP contribution in [-0.4, -0.2) is 0 Å². The van der Waals surface area contributed by atoms with Gasteiger partial charge in [0.25, 0.3) is 0 Å². The van der Waals surface area contributed by atoms with E-state index in [0.29, 0.717) is 0 Å². The van der Waals surface area contributed by atoms with Gasteiger partial charge in [0.2, 0.25) is 0 Å². The molecule has 0 spiro atoms. The van der Waals surface area contributed by atoms with Gasteiger partial charge >= 0.3 is 0 Å². The summed E-state index contributed by atoms with van der Waals surface area (Å²) >= 11 is 0. The molecule has 9 aromatic rings. The molecule has 0 nitrogen and oxygen atoms in total. The minimum absolute atomic E-state index is 1.03. The van der Waals surface area contributed by atoms with E-state index in [1.165, 1.54) is 98.7 Å². The number of hydrogen-bond donors (Lipinski definition) is 0. The summed E-state index contributed by atoms with van der Waals surface area (Å²) in [6.07, 6.45) is 2.10. The molecule has 0 saturated carbocycles. The lowest BCUT2D eigenvalue weighted by Crippen LogP contribution is -2.07. The van der Waals surface area contributed by atoms with E-state index in [1.807, 2.05) is 0 Å². The Balaban J connectivity index is 1.24. The lowest BCUT2D eigenvalue weighted by atomic mass is 9.77. The molecule has 9 aromatic carbocycles.